The second-order valence-corrected chi connectivity index (χ2v) is 17.2. The molecule has 0 bridgehead atoms. The van der Waals surface area contributed by atoms with Gasteiger partial charge in [0.15, 0.2) is 0 Å². The van der Waals surface area contributed by atoms with E-state index in [9.17, 15) is 33.9 Å². The maximum atomic E-state index is 12.3. The van der Waals surface area contributed by atoms with E-state index in [4.69, 9.17) is 24.1 Å². The third kappa shape index (κ3) is 37.0. The molecule has 0 saturated carbocycles. The highest BCUT2D eigenvalue weighted by Gasteiger charge is 2.21. The molecule has 1 aromatic rings. The summed E-state index contributed by atoms with van der Waals surface area (Å²) in [5.41, 5.74) is 2.51. The van der Waals surface area contributed by atoms with E-state index < -0.39 is 18.0 Å². The van der Waals surface area contributed by atoms with Gasteiger partial charge in [-0.1, -0.05) is 122 Å². The third-order valence-electron chi connectivity index (χ3n) is 9.93. The molecule has 0 spiro atoms. The van der Waals surface area contributed by atoms with Crippen molar-refractivity contribution in [1.29, 1.82) is 0 Å². The fraction of sp³-hybridized carbons (Fsp3) is 0.745. The van der Waals surface area contributed by atoms with Crippen LogP contribution in [0, 0.1) is 5.41 Å². The molecule has 4 amide bonds. The van der Waals surface area contributed by atoms with Gasteiger partial charge in [0.25, 0.3) is 0 Å². The average Bonchev–Trinajstić information content (AvgIpc) is 3.23. The minimum atomic E-state index is -1.18. The zero-order valence-corrected chi connectivity index (χ0v) is 38.6. The fourth-order valence-corrected chi connectivity index (χ4v) is 6.56. The average molecular weight is 893 g/mol. The number of rotatable bonds is 41. The molecule has 1 aromatic carbocycles. The number of unbranched alkanes of at least 4 members (excludes halogenated alkanes) is 13. The largest absolute Gasteiger partial charge is 0.481 e. The van der Waals surface area contributed by atoms with Gasteiger partial charge >= 0.3 is 11.9 Å². The van der Waals surface area contributed by atoms with Gasteiger partial charge in [0, 0.05) is 38.9 Å². The van der Waals surface area contributed by atoms with Crippen molar-refractivity contribution < 1.29 is 57.9 Å². The van der Waals surface area contributed by atoms with Crippen molar-refractivity contribution >= 4 is 35.6 Å². The van der Waals surface area contributed by atoms with Crippen molar-refractivity contribution in [2.45, 2.75) is 155 Å². The van der Waals surface area contributed by atoms with Crippen LogP contribution in [0.1, 0.15) is 147 Å². The molecule has 0 aliphatic carbocycles. The molecule has 0 saturated heterocycles. The van der Waals surface area contributed by atoms with Crippen molar-refractivity contribution in [2.75, 3.05) is 65.9 Å². The molecule has 6 N–H and O–H groups in total. The highest BCUT2D eigenvalue weighted by molar-refractivity contribution is 5.84. The first-order valence-electron chi connectivity index (χ1n) is 23.2. The smallest absolute Gasteiger partial charge is 0.326 e. The minimum Gasteiger partial charge on any atom is -0.481 e. The first kappa shape index (κ1) is 56.9. The van der Waals surface area contributed by atoms with Gasteiger partial charge in [-0.15, -0.1) is 0 Å². The summed E-state index contributed by atoms with van der Waals surface area (Å²) in [6.07, 6.45) is 16.5. The number of carbonyl (C=O) groups is 6. The Bertz CT molecular complexity index is 1400. The van der Waals surface area contributed by atoms with Crippen LogP contribution in [0.25, 0.3) is 0 Å². The van der Waals surface area contributed by atoms with Crippen LogP contribution in [-0.2, 0) is 60.7 Å². The third-order valence-corrected chi connectivity index (χ3v) is 9.93. The molecule has 0 fully saturated rings. The predicted molar refractivity (Wildman–Crippen MR) is 241 cm³/mol. The first-order valence-corrected chi connectivity index (χ1v) is 23.2. The lowest BCUT2D eigenvalue weighted by atomic mass is 9.88. The number of hydrogen-bond donors (Lipinski definition) is 6. The number of nitrogens with one attached hydrogen (secondary N) is 4. The molecule has 360 valence electrons. The van der Waals surface area contributed by atoms with E-state index >= 15 is 0 Å². The lowest BCUT2D eigenvalue weighted by Gasteiger charge is -2.18. The van der Waals surface area contributed by atoms with Crippen molar-refractivity contribution in [3.63, 3.8) is 0 Å². The van der Waals surface area contributed by atoms with Crippen LogP contribution in [0.3, 0.4) is 0 Å². The summed E-state index contributed by atoms with van der Waals surface area (Å²) in [4.78, 5) is 70.8. The molecular formula is C47H80N4O12. The van der Waals surface area contributed by atoms with Crippen LogP contribution in [0.15, 0.2) is 24.3 Å². The van der Waals surface area contributed by atoms with Gasteiger partial charge in [0.1, 0.15) is 19.3 Å². The molecule has 0 aromatic heterocycles. The molecule has 0 unspecified atom stereocenters. The van der Waals surface area contributed by atoms with E-state index in [2.05, 4.69) is 54.2 Å². The zero-order valence-electron chi connectivity index (χ0n) is 38.6. The summed E-state index contributed by atoms with van der Waals surface area (Å²) < 4.78 is 21.5. The van der Waals surface area contributed by atoms with Crippen molar-refractivity contribution in [3.8, 4) is 0 Å². The Balaban J connectivity index is 1.92. The van der Waals surface area contributed by atoms with E-state index in [1.807, 2.05) is 12.1 Å². The number of aliphatic carboxylic acids is 2. The molecule has 1 rings (SSSR count). The quantitative estimate of drug-likeness (QED) is 0.0425. The molecular weight excluding hydrogens is 813 g/mol. The number of carboxylic acid groups (broad SMARTS) is 2. The van der Waals surface area contributed by atoms with E-state index in [1.54, 1.807) is 0 Å². The van der Waals surface area contributed by atoms with Crippen LogP contribution in [0.4, 0.5) is 0 Å². The highest BCUT2D eigenvalue weighted by Crippen LogP contribution is 2.20. The minimum absolute atomic E-state index is 0.0217. The monoisotopic (exact) mass is 893 g/mol. The summed E-state index contributed by atoms with van der Waals surface area (Å²) in [5.74, 6) is -3.08. The van der Waals surface area contributed by atoms with Crippen molar-refractivity contribution in [2.24, 2.45) is 5.41 Å². The molecule has 63 heavy (non-hydrogen) atoms. The van der Waals surface area contributed by atoms with Gasteiger partial charge in [-0.05, 0) is 42.2 Å². The lowest BCUT2D eigenvalue weighted by molar-refractivity contribution is -0.142. The van der Waals surface area contributed by atoms with Crippen molar-refractivity contribution in [1.82, 2.24) is 21.3 Å². The van der Waals surface area contributed by atoms with E-state index in [1.165, 1.54) is 50.5 Å². The normalized spacial score (nSPS) is 11.8. The Morgan fingerprint density at radius 3 is 1.41 bits per heavy atom. The summed E-state index contributed by atoms with van der Waals surface area (Å²) in [5, 5.41) is 28.9. The van der Waals surface area contributed by atoms with Crippen LogP contribution >= 0.6 is 0 Å². The predicted octanol–water partition coefficient (Wildman–Crippen LogP) is 5.87. The van der Waals surface area contributed by atoms with Crippen molar-refractivity contribution in [3.05, 3.63) is 35.4 Å². The maximum Gasteiger partial charge on any atom is 0.326 e. The number of carboxylic acids is 2. The molecule has 0 aliphatic heterocycles. The van der Waals surface area contributed by atoms with Gasteiger partial charge in [-0.25, -0.2) is 4.79 Å². The Labute approximate surface area is 376 Å². The second kappa shape index (κ2) is 37.3. The number of carbonyl (C=O) groups excluding carboxylic acids is 4. The lowest BCUT2D eigenvalue weighted by Crippen LogP contribution is -2.41. The van der Waals surface area contributed by atoms with Crippen LogP contribution < -0.4 is 21.3 Å². The second-order valence-electron chi connectivity index (χ2n) is 17.2. The molecule has 1 atom stereocenters. The molecule has 0 aliphatic rings. The number of hydrogen-bond acceptors (Lipinski definition) is 10. The summed E-state index contributed by atoms with van der Waals surface area (Å²) >= 11 is 0. The highest BCUT2D eigenvalue weighted by atomic mass is 16.5. The molecule has 0 heterocycles. The van der Waals surface area contributed by atoms with E-state index in [0.29, 0.717) is 19.5 Å². The van der Waals surface area contributed by atoms with Gasteiger partial charge in [0.05, 0.1) is 39.6 Å². The van der Waals surface area contributed by atoms with Gasteiger partial charge in [-0.3, -0.25) is 24.0 Å². The SMILES string of the molecule is CC(C)(C)Cc1ccc(CNC(=O)COCCOCCNC(=O)COCCOCCNC(=O)CC[C@H](NC(=O)CCCCCCCCCCCCCCCCC(=O)O)C(=O)O)cc1. The summed E-state index contributed by atoms with van der Waals surface area (Å²) in [6, 6.07) is 7.09. The fourth-order valence-electron chi connectivity index (χ4n) is 6.56. The topological polar surface area (TPSA) is 228 Å². The van der Waals surface area contributed by atoms with E-state index in [0.717, 1.165) is 50.5 Å². The number of ether oxygens (including phenoxy) is 4. The molecule has 16 heteroatoms. The zero-order chi connectivity index (χ0) is 46.4. The van der Waals surface area contributed by atoms with Gasteiger partial charge in [-0.2, -0.15) is 0 Å². The van der Waals surface area contributed by atoms with Crippen LogP contribution in [-0.4, -0.2) is 118 Å². The van der Waals surface area contributed by atoms with Gasteiger partial charge < -0.3 is 50.4 Å². The molecule has 0 radical (unpaired) electrons. The van der Waals surface area contributed by atoms with Gasteiger partial charge in [0.2, 0.25) is 23.6 Å². The summed E-state index contributed by atoms with van der Waals surface area (Å²) in [6.45, 7) is 8.72. The maximum absolute atomic E-state index is 12.3. The van der Waals surface area contributed by atoms with Crippen LogP contribution in [0.5, 0.6) is 0 Å². The Hall–Kier alpha value is -4.12. The Kier molecular flexibility index (Phi) is 33.7. The Morgan fingerprint density at radius 1 is 0.508 bits per heavy atom. The number of amides is 4. The number of benzene rings is 1. The van der Waals surface area contributed by atoms with Crippen LogP contribution in [0.2, 0.25) is 0 Å². The first-order chi connectivity index (χ1) is 30.2. The summed E-state index contributed by atoms with van der Waals surface area (Å²) in [7, 11) is 0. The Morgan fingerprint density at radius 2 is 0.937 bits per heavy atom. The standard InChI is InChI=1S/C47H80N4O12/c1-47(2,3)34-38-20-22-39(23-21-38)35-50-44(55)37-63-33-31-61-29-27-49-43(54)36-62-32-30-60-28-26-48-41(52)25-24-40(46(58)59)51-42(53)18-16-14-12-10-8-6-4-5-7-9-11-13-15-17-19-45(56)57/h20-23,40H,4-19,24-37H2,1-3H3,(H,48,52)(H,49,54)(H,50,55)(H,51,53)(H,56,57)(H,58,59)/t40-/m0/s1. The van der Waals surface area contributed by atoms with E-state index in [-0.39, 0.29) is 114 Å². The molecule has 16 nitrogen and oxygen atoms in total.